The van der Waals surface area contributed by atoms with E-state index >= 15 is 0 Å². The highest BCUT2D eigenvalue weighted by Gasteiger charge is 2.32. The van der Waals surface area contributed by atoms with Crippen LogP contribution < -0.4 is 10.1 Å². The molecule has 3 heterocycles. The molecule has 152 valence electrons. The molecule has 0 spiro atoms. The molecule has 0 saturated carbocycles. The Morgan fingerprint density at radius 2 is 2.00 bits per heavy atom. The summed E-state index contributed by atoms with van der Waals surface area (Å²) in [6, 6.07) is 3.00. The van der Waals surface area contributed by atoms with E-state index in [1.54, 1.807) is 19.2 Å². The Kier molecular flexibility index (Phi) is 6.38. The van der Waals surface area contributed by atoms with Crippen LogP contribution in [0.5, 0.6) is 5.88 Å². The Morgan fingerprint density at radius 3 is 2.61 bits per heavy atom. The van der Waals surface area contributed by atoms with Crippen LogP contribution in [0.2, 0.25) is 0 Å². The van der Waals surface area contributed by atoms with E-state index in [0.717, 1.165) is 6.33 Å². The Balaban J connectivity index is 1.50. The van der Waals surface area contributed by atoms with E-state index in [2.05, 4.69) is 25.5 Å². The van der Waals surface area contributed by atoms with Crippen LogP contribution in [0.15, 0.2) is 29.8 Å². The third-order valence-electron chi connectivity index (χ3n) is 4.03. The van der Waals surface area contributed by atoms with Crippen LogP contribution >= 0.6 is 0 Å². The molecule has 2 aromatic heterocycles. The number of carbonyl (C=O) groups excluding carboxylic acids is 1. The zero-order chi connectivity index (χ0) is 20.0. The lowest BCUT2D eigenvalue weighted by atomic mass is 10.3. The number of hydrogen-bond donors (Lipinski definition) is 2. The van der Waals surface area contributed by atoms with Crippen molar-refractivity contribution in [1.29, 1.82) is 0 Å². The zero-order valence-corrected chi connectivity index (χ0v) is 16.1. The summed E-state index contributed by atoms with van der Waals surface area (Å²) in [4.78, 5) is 21.7. The van der Waals surface area contributed by atoms with Crippen molar-refractivity contribution < 1.29 is 22.7 Å². The predicted molar refractivity (Wildman–Crippen MR) is 97.3 cm³/mol. The minimum absolute atomic E-state index is 0.168. The number of rotatable bonds is 7. The third-order valence-corrected chi connectivity index (χ3v) is 5.76. The number of urea groups is 1. The molecule has 28 heavy (non-hydrogen) atoms. The molecule has 0 bridgehead atoms. The maximum atomic E-state index is 12.4. The topological polar surface area (TPSA) is 143 Å². The highest BCUT2D eigenvalue weighted by Crippen LogP contribution is 2.15. The molecule has 2 N–H and O–H groups in total. The van der Waals surface area contributed by atoms with E-state index in [1.165, 1.54) is 15.4 Å². The van der Waals surface area contributed by atoms with Gasteiger partial charge in [0.15, 0.2) is 0 Å². The fraction of sp³-hybridized carbons (Fsp3) is 0.467. The molecule has 1 fully saturated rings. The van der Waals surface area contributed by atoms with E-state index in [-0.39, 0.29) is 37.4 Å². The van der Waals surface area contributed by atoms with Crippen LogP contribution in [0.1, 0.15) is 0 Å². The second kappa shape index (κ2) is 8.95. The fourth-order valence-electron chi connectivity index (χ4n) is 2.54. The van der Waals surface area contributed by atoms with Gasteiger partial charge in [-0.3, -0.25) is 0 Å². The first-order chi connectivity index (χ1) is 13.5. The van der Waals surface area contributed by atoms with E-state index < -0.39 is 10.0 Å². The molecule has 1 aliphatic heterocycles. The number of aromatic nitrogens is 4. The van der Waals surface area contributed by atoms with E-state index in [9.17, 15) is 13.2 Å². The summed E-state index contributed by atoms with van der Waals surface area (Å²) in [5, 5.41) is 8.45. The number of sulfonamides is 1. The van der Waals surface area contributed by atoms with Crippen LogP contribution in [0.25, 0.3) is 0 Å². The van der Waals surface area contributed by atoms with Gasteiger partial charge in [-0.25, -0.2) is 28.3 Å². The highest BCUT2D eigenvalue weighted by atomic mass is 32.2. The van der Waals surface area contributed by atoms with Crippen molar-refractivity contribution in [3.63, 3.8) is 0 Å². The molecule has 0 unspecified atom stereocenters. The van der Waals surface area contributed by atoms with Gasteiger partial charge in [-0.2, -0.15) is 9.40 Å². The third kappa shape index (κ3) is 4.74. The Bertz CT molecular complexity index is 865. The first-order valence-corrected chi connectivity index (χ1v) is 9.94. The maximum absolute atomic E-state index is 12.4. The van der Waals surface area contributed by atoms with Crippen molar-refractivity contribution in [2.75, 3.05) is 51.8 Å². The number of methoxy groups -OCH3 is 1. The number of pyridine rings is 1. The lowest BCUT2D eigenvalue weighted by molar-refractivity contribution is 0.144. The summed E-state index contributed by atoms with van der Waals surface area (Å²) in [6.45, 7) is 1.69. The van der Waals surface area contributed by atoms with Crippen LogP contribution in [0.3, 0.4) is 0 Å². The largest absolute Gasteiger partial charge is 0.475 e. The van der Waals surface area contributed by atoms with Gasteiger partial charge in [-0.05, 0) is 6.07 Å². The number of anilines is 1. The molecule has 0 radical (unpaired) electrons. The molecule has 13 heteroatoms. The monoisotopic (exact) mass is 411 g/mol. The summed E-state index contributed by atoms with van der Waals surface area (Å²) < 4.78 is 36.3. The van der Waals surface area contributed by atoms with E-state index in [0.29, 0.717) is 24.8 Å². The molecular formula is C15H21N7O5S. The smallest absolute Gasteiger partial charge is 0.321 e. The van der Waals surface area contributed by atoms with Crippen molar-refractivity contribution >= 4 is 21.7 Å². The molecule has 1 aliphatic rings. The van der Waals surface area contributed by atoms with Gasteiger partial charge in [0.1, 0.15) is 12.9 Å². The van der Waals surface area contributed by atoms with Crippen molar-refractivity contribution in [3.05, 3.63) is 24.7 Å². The fourth-order valence-corrected chi connectivity index (χ4v) is 3.78. The lowest BCUT2D eigenvalue weighted by Gasteiger charge is -2.33. The molecule has 0 atom stereocenters. The number of piperazine rings is 1. The van der Waals surface area contributed by atoms with Gasteiger partial charge in [-0.1, -0.05) is 0 Å². The van der Waals surface area contributed by atoms with E-state index in [4.69, 9.17) is 9.47 Å². The second-order valence-corrected chi connectivity index (χ2v) is 7.69. The molecule has 12 nitrogen and oxygen atoms in total. The summed E-state index contributed by atoms with van der Waals surface area (Å²) in [5.74, 6) is 0.432. The molecule has 0 aromatic carbocycles. The quantitative estimate of drug-likeness (QED) is 0.595. The summed E-state index contributed by atoms with van der Waals surface area (Å²) >= 11 is 0. The standard InChI is InChI=1S/C15H21N7O5S/c1-26-8-9-27-13-3-2-12(10-16-13)19-15(23)21-4-6-22(7-5-21)28(24,25)14-17-11-18-20-14/h2-3,10-11H,4-9H2,1H3,(H,19,23)(H,17,18,20). The Morgan fingerprint density at radius 1 is 1.21 bits per heavy atom. The summed E-state index contributed by atoms with van der Waals surface area (Å²) in [7, 11) is -2.15. The van der Waals surface area contributed by atoms with Gasteiger partial charge in [0.25, 0.3) is 15.2 Å². The van der Waals surface area contributed by atoms with Crippen LogP contribution in [0, 0.1) is 0 Å². The minimum atomic E-state index is -3.73. The maximum Gasteiger partial charge on any atom is 0.321 e. The van der Waals surface area contributed by atoms with Crippen molar-refractivity contribution in [2.24, 2.45) is 0 Å². The van der Waals surface area contributed by atoms with Crippen LogP contribution in [0.4, 0.5) is 10.5 Å². The van der Waals surface area contributed by atoms with Gasteiger partial charge in [-0.15, -0.1) is 0 Å². The number of aromatic amines is 1. The number of nitrogens with zero attached hydrogens (tertiary/aromatic N) is 5. The molecule has 3 rings (SSSR count). The number of ether oxygens (including phenoxy) is 2. The van der Waals surface area contributed by atoms with Crippen molar-refractivity contribution in [3.8, 4) is 5.88 Å². The van der Waals surface area contributed by atoms with Crippen molar-refractivity contribution in [1.82, 2.24) is 29.4 Å². The Labute approximate surface area is 161 Å². The van der Waals surface area contributed by atoms with Crippen molar-refractivity contribution in [2.45, 2.75) is 5.16 Å². The summed E-state index contributed by atoms with van der Waals surface area (Å²) in [5.41, 5.74) is 0.515. The first kappa shape index (κ1) is 20.0. The average Bonchev–Trinajstić information content (AvgIpc) is 3.25. The second-order valence-electron chi connectivity index (χ2n) is 5.84. The lowest BCUT2D eigenvalue weighted by Crippen LogP contribution is -2.51. The number of nitrogens with one attached hydrogen (secondary N) is 2. The predicted octanol–water partition coefficient (Wildman–Crippen LogP) is -0.237. The number of carbonyl (C=O) groups is 1. The molecular weight excluding hydrogens is 390 g/mol. The minimum Gasteiger partial charge on any atom is -0.475 e. The van der Waals surface area contributed by atoms with E-state index in [1.807, 2.05) is 0 Å². The highest BCUT2D eigenvalue weighted by molar-refractivity contribution is 7.88. The van der Waals surface area contributed by atoms with Gasteiger partial charge in [0.2, 0.25) is 5.88 Å². The van der Waals surface area contributed by atoms with Gasteiger partial charge in [0.05, 0.1) is 18.5 Å². The molecule has 2 aromatic rings. The zero-order valence-electron chi connectivity index (χ0n) is 15.2. The average molecular weight is 411 g/mol. The molecule has 2 amide bonds. The van der Waals surface area contributed by atoms with Gasteiger partial charge >= 0.3 is 6.03 Å². The Hall–Kier alpha value is -2.77. The van der Waals surface area contributed by atoms with Gasteiger partial charge in [0, 0.05) is 39.4 Å². The normalized spacial score (nSPS) is 15.4. The van der Waals surface area contributed by atoms with Gasteiger partial charge < -0.3 is 19.7 Å². The van der Waals surface area contributed by atoms with Crippen LogP contribution in [-0.2, 0) is 14.8 Å². The number of H-pyrrole nitrogens is 1. The van der Waals surface area contributed by atoms with Crippen LogP contribution in [-0.4, -0.2) is 90.3 Å². The first-order valence-electron chi connectivity index (χ1n) is 8.50. The number of hydrogen-bond acceptors (Lipinski definition) is 8. The SMILES string of the molecule is COCCOc1ccc(NC(=O)N2CCN(S(=O)(=O)c3ncn[nH]3)CC2)cn1. The summed E-state index contributed by atoms with van der Waals surface area (Å²) in [6.07, 6.45) is 2.63. The number of amides is 2. The molecule has 1 saturated heterocycles. The molecule has 0 aliphatic carbocycles.